The fourth-order valence-electron chi connectivity index (χ4n) is 2.67. The minimum Gasteiger partial charge on any atom is -0.374 e. The molecule has 2 rings (SSSR count). The van der Waals surface area contributed by atoms with Gasteiger partial charge in [-0.3, -0.25) is 9.59 Å². The number of hydrogen-bond acceptors (Lipinski definition) is 7. The minimum absolute atomic E-state index is 0.246. The Hall–Kier alpha value is -0.843. The smallest absolute Gasteiger partial charge is 0.374 e. The number of benzene rings is 1. The van der Waals surface area contributed by atoms with Gasteiger partial charge in [0.2, 0.25) is 0 Å². The SMILES string of the molecule is CCO[Si](CCCSSN1C(=O)c2ccccc2C1=O)(OCC)OCC. The Morgan fingerprint density at radius 2 is 1.42 bits per heavy atom. The van der Waals surface area contributed by atoms with Gasteiger partial charge in [-0.1, -0.05) is 22.9 Å². The van der Waals surface area contributed by atoms with E-state index in [0.717, 1.165) is 18.2 Å². The lowest BCUT2D eigenvalue weighted by Crippen LogP contribution is -2.46. The third-order valence-electron chi connectivity index (χ3n) is 3.69. The van der Waals surface area contributed by atoms with Crippen LogP contribution >= 0.6 is 21.8 Å². The number of hydrogen-bond donors (Lipinski definition) is 0. The average Bonchev–Trinajstić information content (AvgIpc) is 2.87. The van der Waals surface area contributed by atoms with E-state index < -0.39 is 8.80 Å². The number of rotatable bonds is 12. The maximum atomic E-state index is 12.3. The van der Waals surface area contributed by atoms with Crippen molar-refractivity contribution in [2.45, 2.75) is 33.2 Å². The van der Waals surface area contributed by atoms with Gasteiger partial charge in [-0.2, -0.15) is 0 Å². The van der Waals surface area contributed by atoms with Gasteiger partial charge in [0.15, 0.2) is 0 Å². The Morgan fingerprint density at radius 1 is 0.923 bits per heavy atom. The second-order valence-electron chi connectivity index (χ2n) is 5.43. The monoisotopic (exact) mass is 415 g/mol. The molecule has 0 N–H and O–H groups in total. The van der Waals surface area contributed by atoms with Crippen LogP contribution in [0.2, 0.25) is 6.04 Å². The molecule has 1 aliphatic rings. The lowest BCUT2D eigenvalue weighted by Gasteiger charge is -2.28. The molecule has 0 saturated carbocycles. The number of nitrogens with zero attached hydrogens (tertiary/aromatic N) is 1. The van der Waals surface area contributed by atoms with Gasteiger partial charge in [-0.25, -0.2) is 4.31 Å². The van der Waals surface area contributed by atoms with Gasteiger partial charge in [0.1, 0.15) is 0 Å². The third kappa shape index (κ3) is 5.11. The molecule has 0 radical (unpaired) electrons. The van der Waals surface area contributed by atoms with Crippen LogP contribution in [0.25, 0.3) is 0 Å². The van der Waals surface area contributed by atoms with Crippen molar-refractivity contribution in [2.75, 3.05) is 25.6 Å². The molecule has 0 spiro atoms. The molecule has 6 nitrogen and oxygen atoms in total. The summed E-state index contributed by atoms with van der Waals surface area (Å²) >= 11 is 0. The Morgan fingerprint density at radius 3 is 1.88 bits per heavy atom. The van der Waals surface area contributed by atoms with Crippen molar-refractivity contribution in [1.29, 1.82) is 0 Å². The van der Waals surface area contributed by atoms with Crippen LogP contribution in [0, 0.1) is 0 Å². The second kappa shape index (κ2) is 10.5. The zero-order valence-electron chi connectivity index (χ0n) is 15.4. The fraction of sp³-hybridized carbons (Fsp3) is 0.529. The van der Waals surface area contributed by atoms with E-state index in [1.807, 2.05) is 20.8 Å². The zero-order valence-corrected chi connectivity index (χ0v) is 18.0. The first-order valence-corrected chi connectivity index (χ1v) is 13.0. The average molecular weight is 416 g/mol. The van der Waals surface area contributed by atoms with E-state index in [9.17, 15) is 9.59 Å². The van der Waals surface area contributed by atoms with Crippen molar-refractivity contribution >= 4 is 42.4 Å². The fourth-order valence-corrected chi connectivity index (χ4v) is 7.62. The van der Waals surface area contributed by atoms with Crippen molar-refractivity contribution in [3.63, 3.8) is 0 Å². The first kappa shape index (κ1) is 21.5. The molecule has 2 amide bonds. The lowest BCUT2D eigenvalue weighted by atomic mass is 10.1. The van der Waals surface area contributed by atoms with E-state index in [2.05, 4.69) is 0 Å². The molecule has 0 bridgehead atoms. The van der Waals surface area contributed by atoms with Crippen molar-refractivity contribution in [1.82, 2.24) is 4.31 Å². The molecule has 0 aromatic heterocycles. The summed E-state index contributed by atoms with van der Waals surface area (Å²) in [6.45, 7) is 7.49. The van der Waals surface area contributed by atoms with Gasteiger partial charge in [0.05, 0.1) is 11.1 Å². The number of fused-ring (bicyclic) bond motifs is 1. The standard InChI is InChI=1S/C17H25NO5S2Si/c1-4-21-26(22-5-2,23-6-3)13-9-12-24-25-18-16(19)14-10-7-8-11-15(14)17(18)20/h7-8,10-11H,4-6,9,12-13H2,1-3H3. The highest BCUT2D eigenvalue weighted by atomic mass is 33.1. The predicted molar refractivity (Wildman–Crippen MR) is 107 cm³/mol. The molecule has 144 valence electrons. The quantitative estimate of drug-likeness (QED) is 0.168. The second-order valence-corrected chi connectivity index (χ2v) is 10.5. The highest BCUT2D eigenvalue weighted by Crippen LogP contribution is 2.35. The zero-order chi connectivity index (χ0) is 19.0. The third-order valence-corrected chi connectivity index (χ3v) is 9.14. The van der Waals surface area contributed by atoms with Crippen molar-refractivity contribution in [3.8, 4) is 0 Å². The largest absolute Gasteiger partial charge is 0.500 e. The van der Waals surface area contributed by atoms with Gasteiger partial charge in [0, 0.05) is 42.6 Å². The Balaban J connectivity index is 1.81. The minimum atomic E-state index is -2.63. The summed E-state index contributed by atoms with van der Waals surface area (Å²) in [5.74, 6) is 0.273. The van der Waals surface area contributed by atoms with E-state index in [-0.39, 0.29) is 11.8 Å². The summed E-state index contributed by atoms with van der Waals surface area (Å²) in [6.07, 6.45) is 0.826. The molecule has 1 aliphatic heterocycles. The van der Waals surface area contributed by atoms with Crippen LogP contribution in [0.15, 0.2) is 24.3 Å². The van der Waals surface area contributed by atoms with E-state index in [0.29, 0.717) is 30.9 Å². The predicted octanol–water partition coefficient (Wildman–Crippen LogP) is 4.02. The van der Waals surface area contributed by atoms with Crippen LogP contribution in [-0.4, -0.2) is 50.5 Å². The van der Waals surface area contributed by atoms with E-state index in [4.69, 9.17) is 13.3 Å². The van der Waals surface area contributed by atoms with Crippen molar-refractivity contribution < 1.29 is 22.9 Å². The molecule has 0 aliphatic carbocycles. The molecule has 26 heavy (non-hydrogen) atoms. The van der Waals surface area contributed by atoms with Crippen LogP contribution in [-0.2, 0) is 13.3 Å². The molecule has 0 unspecified atom stereocenters. The Labute approximate surface area is 163 Å². The van der Waals surface area contributed by atoms with E-state index in [1.54, 1.807) is 24.3 Å². The molecule has 1 aromatic carbocycles. The Kier molecular flexibility index (Phi) is 8.65. The molecule has 9 heteroatoms. The van der Waals surface area contributed by atoms with Crippen LogP contribution in [0.1, 0.15) is 47.9 Å². The number of carbonyl (C=O) groups is 2. The van der Waals surface area contributed by atoms with Gasteiger partial charge in [-0.05, 0) is 39.3 Å². The molecule has 0 saturated heterocycles. The summed E-state index contributed by atoms with van der Waals surface area (Å²) in [6, 6.07) is 7.63. The van der Waals surface area contributed by atoms with E-state index >= 15 is 0 Å². The molecule has 1 aromatic rings. The summed E-state index contributed by atoms with van der Waals surface area (Å²) < 4.78 is 18.7. The molecule has 0 atom stereocenters. The summed E-state index contributed by atoms with van der Waals surface area (Å²) in [4.78, 5) is 24.6. The topological polar surface area (TPSA) is 65.1 Å². The lowest BCUT2D eigenvalue weighted by molar-refractivity contribution is 0.0710. The highest BCUT2D eigenvalue weighted by Gasteiger charge is 2.40. The Bertz CT molecular complexity index is 579. The first-order valence-electron chi connectivity index (χ1n) is 8.77. The molecule has 1 heterocycles. The summed E-state index contributed by atoms with van der Waals surface area (Å²) in [5, 5.41) is 0. The van der Waals surface area contributed by atoms with E-state index in [1.165, 1.54) is 26.1 Å². The number of carbonyl (C=O) groups excluding carboxylic acids is 2. The van der Waals surface area contributed by atoms with Crippen molar-refractivity contribution in [3.05, 3.63) is 35.4 Å². The number of amides is 2. The molecule has 0 fully saturated rings. The van der Waals surface area contributed by atoms with Crippen LogP contribution < -0.4 is 0 Å². The maximum Gasteiger partial charge on any atom is 0.500 e. The number of imide groups is 1. The van der Waals surface area contributed by atoms with Gasteiger partial charge in [0.25, 0.3) is 11.8 Å². The van der Waals surface area contributed by atoms with Crippen LogP contribution in [0.5, 0.6) is 0 Å². The van der Waals surface area contributed by atoms with Crippen LogP contribution in [0.3, 0.4) is 0 Å². The maximum absolute atomic E-state index is 12.3. The summed E-state index contributed by atoms with van der Waals surface area (Å²) in [7, 11) is 0.0455. The molecular formula is C17H25NO5S2Si. The normalized spacial score (nSPS) is 14.2. The van der Waals surface area contributed by atoms with Crippen molar-refractivity contribution in [2.24, 2.45) is 0 Å². The molecular weight excluding hydrogens is 390 g/mol. The van der Waals surface area contributed by atoms with Gasteiger partial charge >= 0.3 is 8.80 Å². The van der Waals surface area contributed by atoms with Crippen LogP contribution in [0.4, 0.5) is 0 Å². The first-order chi connectivity index (χ1) is 12.6. The van der Waals surface area contributed by atoms with Gasteiger partial charge < -0.3 is 13.3 Å². The summed E-state index contributed by atoms with van der Waals surface area (Å²) in [5.41, 5.74) is 0.946. The highest BCUT2D eigenvalue weighted by molar-refractivity contribution is 8.76. The van der Waals surface area contributed by atoms with Gasteiger partial charge in [-0.15, -0.1) is 0 Å².